The molecular weight excluding hydrogens is 232 g/mol. The first-order valence-electron chi connectivity index (χ1n) is 4.75. The number of carbonyl (C=O) groups excluding carboxylic acids is 1. The van der Waals surface area contributed by atoms with Crippen LogP contribution < -0.4 is 10.6 Å². The van der Waals surface area contributed by atoms with Crippen molar-refractivity contribution in [3.05, 3.63) is 33.2 Å². The van der Waals surface area contributed by atoms with Crippen LogP contribution in [0.4, 0.5) is 0 Å². The van der Waals surface area contributed by atoms with E-state index < -0.39 is 0 Å². The summed E-state index contributed by atoms with van der Waals surface area (Å²) in [6.45, 7) is 1.71. The molecule has 1 aromatic heterocycles. The van der Waals surface area contributed by atoms with Crippen LogP contribution in [-0.4, -0.2) is 18.9 Å². The Bertz CT molecular complexity index is 378. The third-order valence-electron chi connectivity index (χ3n) is 2.12. The van der Waals surface area contributed by atoms with Crippen molar-refractivity contribution < 1.29 is 4.79 Å². The van der Waals surface area contributed by atoms with Crippen LogP contribution in [0.1, 0.15) is 16.1 Å². The molecule has 0 radical (unpaired) electrons. The lowest BCUT2D eigenvalue weighted by Gasteiger charge is -2.19. The van der Waals surface area contributed by atoms with Gasteiger partial charge in [0, 0.05) is 13.1 Å². The van der Waals surface area contributed by atoms with Crippen molar-refractivity contribution in [2.24, 2.45) is 0 Å². The second kappa shape index (κ2) is 4.68. The summed E-state index contributed by atoms with van der Waals surface area (Å²) in [6.07, 6.45) is 1.04. The van der Waals surface area contributed by atoms with Crippen LogP contribution in [0, 0.1) is 0 Å². The van der Waals surface area contributed by atoms with E-state index in [0.29, 0.717) is 10.7 Å². The third-order valence-corrected chi connectivity index (χ3v) is 3.35. The minimum absolute atomic E-state index is 0.122. The van der Waals surface area contributed by atoms with E-state index in [4.69, 9.17) is 11.6 Å². The lowest BCUT2D eigenvalue weighted by atomic mass is 10.2. The highest BCUT2D eigenvalue weighted by Crippen LogP contribution is 2.18. The van der Waals surface area contributed by atoms with Crippen molar-refractivity contribution in [1.29, 1.82) is 0 Å². The van der Waals surface area contributed by atoms with Crippen molar-refractivity contribution in [3.63, 3.8) is 0 Å². The number of hydrogen-bond donors (Lipinski definition) is 2. The van der Waals surface area contributed by atoms with E-state index in [0.717, 1.165) is 19.5 Å². The predicted octanol–water partition coefficient (Wildman–Crippen LogP) is 1.92. The first kappa shape index (κ1) is 10.5. The number of carbonyl (C=O) groups is 1. The van der Waals surface area contributed by atoms with Gasteiger partial charge in [-0.15, -0.1) is 11.3 Å². The number of rotatable bonds is 2. The quantitative estimate of drug-likeness (QED) is 0.615. The molecule has 15 heavy (non-hydrogen) atoms. The van der Waals surface area contributed by atoms with Crippen LogP contribution in [0.25, 0.3) is 0 Å². The number of ketones is 1. The Morgan fingerprint density at radius 2 is 2.13 bits per heavy atom. The summed E-state index contributed by atoms with van der Waals surface area (Å²) in [7, 11) is 0. The third kappa shape index (κ3) is 2.33. The van der Waals surface area contributed by atoms with Crippen molar-refractivity contribution in [3.8, 4) is 0 Å². The molecule has 0 spiro atoms. The van der Waals surface area contributed by atoms with E-state index in [2.05, 4.69) is 10.6 Å². The molecule has 80 valence electrons. The molecule has 1 aliphatic rings. The zero-order chi connectivity index (χ0) is 10.7. The maximum absolute atomic E-state index is 11.8. The Morgan fingerprint density at radius 3 is 2.73 bits per heavy atom. The Hall–Kier alpha value is -1.000. The van der Waals surface area contributed by atoms with Crippen LogP contribution in [0.5, 0.6) is 0 Å². The molecule has 0 aliphatic carbocycles. The number of halogens is 1. The minimum atomic E-state index is -0.122. The highest BCUT2D eigenvalue weighted by molar-refractivity contribution is 7.12. The van der Waals surface area contributed by atoms with E-state index in [-0.39, 0.29) is 10.8 Å². The summed E-state index contributed by atoms with van der Waals surface area (Å²) >= 11 is 7.41. The average Bonchev–Trinajstić information content (AvgIpc) is 2.82. The average molecular weight is 243 g/mol. The Kier molecular flexibility index (Phi) is 3.28. The molecule has 1 fully saturated rings. The molecule has 5 heteroatoms. The number of hydrogen-bond acceptors (Lipinski definition) is 4. The van der Waals surface area contributed by atoms with Crippen LogP contribution in [0.15, 0.2) is 28.4 Å². The first-order valence-corrected chi connectivity index (χ1v) is 6.00. The van der Waals surface area contributed by atoms with Gasteiger partial charge < -0.3 is 10.6 Å². The summed E-state index contributed by atoms with van der Waals surface area (Å²) in [5.41, 5.74) is 0. The summed E-state index contributed by atoms with van der Waals surface area (Å²) < 4.78 is 0. The molecule has 3 nitrogen and oxygen atoms in total. The monoisotopic (exact) mass is 242 g/mol. The van der Waals surface area contributed by atoms with Crippen molar-refractivity contribution in [2.45, 2.75) is 6.42 Å². The fraction of sp³-hybridized carbons (Fsp3) is 0.300. The lowest BCUT2D eigenvalue weighted by molar-refractivity contribution is 0.104. The number of nitrogens with one attached hydrogen (secondary N) is 2. The van der Waals surface area contributed by atoms with Gasteiger partial charge in [-0.05, 0) is 17.9 Å². The fourth-order valence-electron chi connectivity index (χ4n) is 1.36. The maximum atomic E-state index is 11.8. The smallest absolute Gasteiger partial charge is 0.217 e. The van der Waals surface area contributed by atoms with Gasteiger partial charge >= 0.3 is 0 Å². The Labute approximate surface area is 97.1 Å². The normalized spacial score (nSPS) is 15.4. The molecule has 0 aromatic carbocycles. The summed E-state index contributed by atoms with van der Waals surface area (Å²) in [5, 5.41) is 8.28. The molecule has 1 aromatic rings. The zero-order valence-electron chi connectivity index (χ0n) is 8.05. The highest BCUT2D eigenvalue weighted by Gasteiger charge is 2.17. The Morgan fingerprint density at radius 1 is 1.40 bits per heavy atom. The van der Waals surface area contributed by atoms with Gasteiger partial charge in [-0.2, -0.15) is 0 Å². The van der Waals surface area contributed by atoms with Crippen LogP contribution in [0.2, 0.25) is 0 Å². The largest absolute Gasteiger partial charge is 0.370 e. The highest BCUT2D eigenvalue weighted by atomic mass is 35.5. The van der Waals surface area contributed by atoms with Crippen LogP contribution in [0.3, 0.4) is 0 Å². The van der Waals surface area contributed by atoms with E-state index >= 15 is 0 Å². The van der Waals surface area contributed by atoms with Crippen molar-refractivity contribution in [2.75, 3.05) is 13.1 Å². The van der Waals surface area contributed by atoms with Gasteiger partial charge in [0.15, 0.2) is 0 Å². The second-order valence-corrected chi connectivity index (χ2v) is 4.53. The standard InChI is InChI=1S/C10H11ClN2OS/c11-8(10-12-4-2-5-13-10)9(14)7-3-1-6-15-7/h1,3,6,12-13H,2,4-5H2. The van der Waals surface area contributed by atoms with Gasteiger partial charge in [0.25, 0.3) is 0 Å². The number of thiophene rings is 1. The minimum Gasteiger partial charge on any atom is -0.370 e. The maximum Gasteiger partial charge on any atom is 0.217 e. The molecule has 0 amide bonds. The van der Waals surface area contributed by atoms with Crippen LogP contribution in [-0.2, 0) is 0 Å². The van der Waals surface area contributed by atoms with E-state index in [1.54, 1.807) is 6.07 Å². The van der Waals surface area contributed by atoms with Crippen molar-refractivity contribution in [1.82, 2.24) is 10.6 Å². The van der Waals surface area contributed by atoms with Gasteiger partial charge in [-0.25, -0.2) is 0 Å². The number of Topliss-reactive ketones (excluding diaryl/α,β-unsaturated/α-hetero) is 1. The number of allylic oxidation sites excluding steroid dienone is 1. The van der Waals surface area contributed by atoms with Crippen molar-refractivity contribution >= 4 is 28.7 Å². The zero-order valence-corrected chi connectivity index (χ0v) is 9.62. The summed E-state index contributed by atoms with van der Waals surface area (Å²) in [5.74, 6) is 0.532. The topological polar surface area (TPSA) is 41.1 Å². The van der Waals surface area contributed by atoms with Crippen LogP contribution >= 0.6 is 22.9 Å². The van der Waals surface area contributed by atoms with Gasteiger partial charge in [-0.1, -0.05) is 17.7 Å². The fourth-order valence-corrected chi connectivity index (χ4v) is 2.32. The molecular formula is C10H11ClN2OS. The van der Waals surface area contributed by atoms with E-state index in [1.165, 1.54) is 11.3 Å². The first-order chi connectivity index (χ1) is 7.29. The molecule has 1 aliphatic heterocycles. The molecule has 0 unspecified atom stereocenters. The predicted molar refractivity (Wildman–Crippen MR) is 62.2 cm³/mol. The molecule has 2 N–H and O–H groups in total. The van der Waals surface area contributed by atoms with Gasteiger partial charge in [0.2, 0.25) is 5.78 Å². The Balaban J connectivity index is 2.19. The molecule has 0 atom stereocenters. The molecule has 1 saturated heterocycles. The summed E-state index contributed by atoms with van der Waals surface area (Å²) in [6, 6.07) is 3.62. The SMILES string of the molecule is O=C(C(Cl)=C1NCCCN1)c1cccs1. The van der Waals surface area contributed by atoms with Gasteiger partial charge in [0.1, 0.15) is 10.9 Å². The molecule has 2 rings (SSSR count). The van der Waals surface area contributed by atoms with Gasteiger partial charge in [-0.3, -0.25) is 4.79 Å². The second-order valence-electron chi connectivity index (χ2n) is 3.20. The van der Waals surface area contributed by atoms with Gasteiger partial charge in [0.05, 0.1) is 4.88 Å². The van der Waals surface area contributed by atoms with E-state index in [1.807, 2.05) is 11.4 Å². The van der Waals surface area contributed by atoms with E-state index in [9.17, 15) is 4.79 Å². The lowest BCUT2D eigenvalue weighted by Crippen LogP contribution is -2.36. The summed E-state index contributed by atoms with van der Waals surface area (Å²) in [4.78, 5) is 12.5. The molecule has 0 bridgehead atoms. The molecule has 2 heterocycles. The molecule has 0 saturated carbocycles.